The highest BCUT2D eigenvalue weighted by atomic mass is 32.2. The first-order chi connectivity index (χ1) is 17.5. The Bertz CT molecular complexity index is 1350. The summed E-state index contributed by atoms with van der Waals surface area (Å²) in [5.74, 6) is 2.17. The lowest BCUT2D eigenvalue weighted by atomic mass is 9.90. The van der Waals surface area contributed by atoms with Gasteiger partial charge in [-0.25, -0.2) is 13.4 Å². The van der Waals surface area contributed by atoms with E-state index in [1.54, 1.807) is 12.1 Å². The Morgan fingerprint density at radius 1 is 1.24 bits per heavy atom. The molecule has 0 aliphatic carbocycles. The maximum atomic E-state index is 12.2. The fourth-order valence-corrected chi connectivity index (χ4v) is 5.60. The van der Waals surface area contributed by atoms with E-state index in [0.717, 1.165) is 73.2 Å². The Morgan fingerprint density at radius 3 is 2.70 bits per heavy atom. The predicted molar refractivity (Wildman–Crippen MR) is 152 cm³/mol. The molecular weight excluding hydrogens is 488 g/mol. The lowest BCUT2D eigenvalue weighted by Gasteiger charge is -2.39. The SMILES string of the molecule is CCN(CC1CCN(c2cc3cc(NS(C)(=O)=O)ccc3[nH]2)C(C=O)C1)c1ncccc1NC(C)(C)C. The molecular formula is C27H38N6O3S. The molecule has 0 spiro atoms. The van der Waals surface area contributed by atoms with Crippen LogP contribution in [0.4, 0.5) is 23.0 Å². The third kappa shape index (κ3) is 6.74. The van der Waals surface area contributed by atoms with Crippen LogP contribution in [-0.4, -0.2) is 62.1 Å². The molecule has 1 aromatic carbocycles. The van der Waals surface area contributed by atoms with Crippen LogP contribution in [0.1, 0.15) is 40.5 Å². The quantitative estimate of drug-likeness (QED) is 0.353. The zero-order valence-electron chi connectivity index (χ0n) is 22.3. The van der Waals surface area contributed by atoms with E-state index in [9.17, 15) is 13.2 Å². The van der Waals surface area contributed by atoms with Crippen molar-refractivity contribution < 1.29 is 13.2 Å². The number of sulfonamides is 1. The molecule has 4 rings (SSSR count). The molecule has 9 nitrogen and oxygen atoms in total. The van der Waals surface area contributed by atoms with Crippen LogP contribution in [0.2, 0.25) is 0 Å². The van der Waals surface area contributed by atoms with E-state index in [2.05, 4.69) is 58.6 Å². The van der Waals surface area contributed by atoms with Gasteiger partial charge in [0.1, 0.15) is 12.1 Å². The van der Waals surface area contributed by atoms with Gasteiger partial charge in [-0.2, -0.15) is 0 Å². The molecule has 0 saturated carbocycles. The van der Waals surface area contributed by atoms with E-state index in [-0.39, 0.29) is 11.6 Å². The van der Waals surface area contributed by atoms with E-state index < -0.39 is 10.0 Å². The fraction of sp³-hybridized carbons (Fsp3) is 0.481. The van der Waals surface area contributed by atoms with Gasteiger partial charge in [-0.3, -0.25) is 4.72 Å². The number of aromatic nitrogens is 2. The van der Waals surface area contributed by atoms with Gasteiger partial charge in [0.05, 0.1) is 18.0 Å². The van der Waals surface area contributed by atoms with Gasteiger partial charge in [-0.15, -0.1) is 0 Å². The highest BCUT2D eigenvalue weighted by molar-refractivity contribution is 7.92. The zero-order valence-corrected chi connectivity index (χ0v) is 23.1. The number of benzene rings is 1. The number of nitrogens with one attached hydrogen (secondary N) is 3. The molecule has 1 aliphatic heterocycles. The number of rotatable bonds is 9. The summed E-state index contributed by atoms with van der Waals surface area (Å²) in [4.78, 5) is 24.7. The zero-order chi connectivity index (χ0) is 26.8. The molecule has 0 bridgehead atoms. The smallest absolute Gasteiger partial charge is 0.229 e. The molecule has 3 heterocycles. The number of hydrogen-bond donors (Lipinski definition) is 3. The maximum absolute atomic E-state index is 12.2. The van der Waals surface area contributed by atoms with Gasteiger partial charge >= 0.3 is 0 Å². The standard InChI is InChI=1S/C27H38N6O3S/c1-6-32(26-24(8-7-12-28-26)30-27(2,3)4)17-19-11-13-33(22(14-19)18-34)25-16-20-15-21(31-37(5,35)36)9-10-23(20)29-25/h7-10,12,15-16,18-19,22,29-31H,6,11,13-14,17H2,1-5H3. The van der Waals surface area contributed by atoms with Crippen LogP contribution in [0.25, 0.3) is 10.9 Å². The topological polar surface area (TPSA) is 110 Å². The number of aromatic amines is 1. The number of nitrogens with zero attached hydrogens (tertiary/aromatic N) is 3. The van der Waals surface area contributed by atoms with E-state index in [0.29, 0.717) is 11.6 Å². The van der Waals surface area contributed by atoms with Crippen LogP contribution in [0.3, 0.4) is 0 Å². The number of piperidine rings is 1. The number of anilines is 4. The summed E-state index contributed by atoms with van der Waals surface area (Å²) in [6.07, 6.45) is 5.71. The molecule has 1 aliphatic rings. The minimum Gasteiger partial charge on any atom is -0.377 e. The number of hydrogen-bond acceptors (Lipinski definition) is 7. The highest BCUT2D eigenvalue weighted by Gasteiger charge is 2.31. The van der Waals surface area contributed by atoms with Gasteiger partial charge in [0.2, 0.25) is 10.0 Å². The molecule has 3 N–H and O–H groups in total. The largest absolute Gasteiger partial charge is 0.377 e. The molecule has 10 heteroatoms. The molecule has 37 heavy (non-hydrogen) atoms. The number of H-pyrrole nitrogens is 1. The summed E-state index contributed by atoms with van der Waals surface area (Å²) in [7, 11) is -3.35. The van der Waals surface area contributed by atoms with Crippen LogP contribution in [0.15, 0.2) is 42.6 Å². The summed E-state index contributed by atoms with van der Waals surface area (Å²) in [6, 6.07) is 11.1. The monoisotopic (exact) mass is 526 g/mol. The first kappa shape index (κ1) is 26.8. The number of carbonyl (C=O) groups excluding carboxylic acids is 1. The number of carbonyl (C=O) groups is 1. The molecule has 1 fully saturated rings. The second kappa shape index (κ2) is 10.6. The van der Waals surface area contributed by atoms with E-state index >= 15 is 0 Å². The Hall–Kier alpha value is -3.27. The first-order valence-electron chi connectivity index (χ1n) is 12.8. The average Bonchev–Trinajstić information content (AvgIpc) is 3.24. The van der Waals surface area contributed by atoms with Gasteiger partial charge in [-0.1, -0.05) is 0 Å². The van der Waals surface area contributed by atoms with Crippen molar-refractivity contribution in [3.05, 3.63) is 42.6 Å². The van der Waals surface area contributed by atoms with Gasteiger partial charge in [0.25, 0.3) is 0 Å². The maximum Gasteiger partial charge on any atom is 0.229 e. The Kier molecular flexibility index (Phi) is 7.68. The molecule has 1 saturated heterocycles. The summed E-state index contributed by atoms with van der Waals surface area (Å²) >= 11 is 0. The second-order valence-electron chi connectivity index (χ2n) is 10.9. The van der Waals surface area contributed by atoms with Gasteiger partial charge < -0.3 is 24.9 Å². The fourth-order valence-electron chi connectivity index (χ4n) is 5.05. The minimum absolute atomic E-state index is 0.0770. The summed E-state index contributed by atoms with van der Waals surface area (Å²) in [6.45, 7) is 11.0. The Labute approximate surface area is 219 Å². The number of pyridine rings is 1. The van der Waals surface area contributed by atoms with Crippen molar-refractivity contribution in [3.63, 3.8) is 0 Å². The molecule has 200 valence electrons. The Morgan fingerprint density at radius 2 is 2.03 bits per heavy atom. The molecule has 3 aromatic rings. The minimum atomic E-state index is -3.35. The van der Waals surface area contributed by atoms with Gasteiger partial charge in [0.15, 0.2) is 5.82 Å². The van der Waals surface area contributed by atoms with Crippen molar-refractivity contribution in [3.8, 4) is 0 Å². The lowest BCUT2D eigenvalue weighted by Crippen LogP contribution is -2.46. The Balaban J connectivity index is 1.48. The van der Waals surface area contributed by atoms with Crippen molar-refractivity contribution in [1.29, 1.82) is 0 Å². The van der Waals surface area contributed by atoms with E-state index in [1.165, 1.54) is 0 Å². The number of fused-ring (bicyclic) bond motifs is 1. The summed E-state index contributed by atoms with van der Waals surface area (Å²) in [5.41, 5.74) is 2.35. The third-order valence-corrected chi connectivity index (χ3v) is 7.19. The van der Waals surface area contributed by atoms with Crippen molar-refractivity contribution in [2.45, 2.75) is 52.1 Å². The normalized spacial score (nSPS) is 18.6. The lowest BCUT2D eigenvalue weighted by molar-refractivity contribution is -0.109. The summed E-state index contributed by atoms with van der Waals surface area (Å²) < 4.78 is 25.7. The van der Waals surface area contributed by atoms with Gasteiger partial charge in [-0.05, 0) is 82.9 Å². The van der Waals surface area contributed by atoms with Crippen LogP contribution in [0, 0.1) is 5.92 Å². The highest BCUT2D eigenvalue weighted by Crippen LogP contribution is 2.33. The van der Waals surface area contributed by atoms with Crippen molar-refractivity contribution in [1.82, 2.24) is 9.97 Å². The van der Waals surface area contributed by atoms with Gasteiger partial charge in [0, 0.05) is 48.0 Å². The first-order valence-corrected chi connectivity index (χ1v) is 14.7. The second-order valence-corrected chi connectivity index (χ2v) is 12.7. The van der Waals surface area contributed by atoms with Crippen LogP contribution in [0.5, 0.6) is 0 Å². The van der Waals surface area contributed by atoms with Crippen LogP contribution in [-0.2, 0) is 14.8 Å². The molecule has 2 atom stereocenters. The molecule has 2 unspecified atom stereocenters. The van der Waals surface area contributed by atoms with Crippen molar-refractivity contribution >= 4 is 50.2 Å². The molecule has 0 radical (unpaired) electrons. The summed E-state index contributed by atoms with van der Waals surface area (Å²) in [5, 5.41) is 4.46. The van der Waals surface area contributed by atoms with Crippen molar-refractivity contribution in [2.75, 3.05) is 45.7 Å². The molecule has 0 amide bonds. The number of aldehydes is 1. The van der Waals surface area contributed by atoms with E-state index in [4.69, 9.17) is 4.98 Å². The third-order valence-electron chi connectivity index (χ3n) is 6.59. The van der Waals surface area contributed by atoms with Crippen LogP contribution >= 0.6 is 0 Å². The average molecular weight is 527 g/mol. The van der Waals surface area contributed by atoms with Crippen LogP contribution < -0.4 is 19.8 Å². The van der Waals surface area contributed by atoms with E-state index in [1.807, 2.05) is 24.4 Å². The molecule has 2 aromatic heterocycles. The van der Waals surface area contributed by atoms with Crippen molar-refractivity contribution in [2.24, 2.45) is 5.92 Å². The predicted octanol–water partition coefficient (Wildman–Crippen LogP) is 4.46.